The molecule has 0 saturated carbocycles. The molecule has 0 radical (unpaired) electrons. The van der Waals surface area contributed by atoms with Crippen molar-refractivity contribution >= 4 is 23.4 Å². The molecule has 3 rings (SSSR count). The molecule has 0 unspecified atom stereocenters. The second-order valence-corrected chi connectivity index (χ2v) is 7.84. The number of benzene rings is 1. The van der Waals surface area contributed by atoms with Crippen LogP contribution in [0.1, 0.15) is 40.0 Å². The minimum atomic E-state index is -0.467. The van der Waals surface area contributed by atoms with Gasteiger partial charge in [-0.25, -0.2) is 4.79 Å². The van der Waals surface area contributed by atoms with Crippen LogP contribution in [0.3, 0.4) is 0 Å². The molecule has 2 amide bonds. The van der Waals surface area contributed by atoms with E-state index in [-0.39, 0.29) is 18.0 Å². The van der Waals surface area contributed by atoms with Crippen LogP contribution in [-0.4, -0.2) is 48.2 Å². The smallest absolute Gasteiger partial charge is 0.410 e. The minimum Gasteiger partial charge on any atom is -0.444 e. The lowest BCUT2D eigenvalue weighted by atomic mass is 10.0. The van der Waals surface area contributed by atoms with E-state index in [0.717, 1.165) is 24.2 Å². The predicted molar refractivity (Wildman–Crippen MR) is 101 cm³/mol. The molecule has 142 valence electrons. The highest BCUT2D eigenvalue weighted by Gasteiger charge is 2.28. The zero-order valence-corrected chi connectivity index (χ0v) is 15.7. The van der Waals surface area contributed by atoms with Gasteiger partial charge in [-0.05, 0) is 45.7 Å². The van der Waals surface area contributed by atoms with E-state index in [1.165, 1.54) is 0 Å². The van der Waals surface area contributed by atoms with Gasteiger partial charge in [0, 0.05) is 32.1 Å². The number of carbonyl (C=O) groups is 2. The predicted octanol–water partition coefficient (Wildman–Crippen LogP) is 2.74. The Balaban J connectivity index is 1.57. The number of hydrazine groups is 1. The molecule has 1 aromatic carbocycles. The Morgan fingerprint density at radius 2 is 1.88 bits per heavy atom. The van der Waals surface area contributed by atoms with E-state index >= 15 is 0 Å². The quantitative estimate of drug-likeness (QED) is 0.867. The SMILES string of the molecule is CC(C)(C)OC(=O)N1CCC(Nc2ccccc2N2CCC(=O)N2)CC1. The molecule has 2 fully saturated rings. The van der Waals surface area contributed by atoms with E-state index in [9.17, 15) is 9.59 Å². The van der Waals surface area contributed by atoms with Crippen LogP contribution in [0.4, 0.5) is 16.2 Å². The van der Waals surface area contributed by atoms with Gasteiger partial charge in [0.15, 0.2) is 0 Å². The molecule has 2 heterocycles. The Morgan fingerprint density at radius 3 is 2.50 bits per heavy atom. The first kappa shape index (κ1) is 18.4. The molecule has 0 aliphatic carbocycles. The monoisotopic (exact) mass is 360 g/mol. The normalized spacial score (nSPS) is 18.7. The van der Waals surface area contributed by atoms with Gasteiger partial charge in [-0.15, -0.1) is 0 Å². The third-order valence-electron chi connectivity index (χ3n) is 4.52. The second kappa shape index (κ2) is 7.43. The van der Waals surface area contributed by atoms with Gasteiger partial charge in [0.05, 0.1) is 11.4 Å². The van der Waals surface area contributed by atoms with Gasteiger partial charge in [-0.1, -0.05) is 12.1 Å². The zero-order valence-electron chi connectivity index (χ0n) is 15.7. The molecule has 7 nitrogen and oxygen atoms in total. The first-order chi connectivity index (χ1) is 12.3. The summed E-state index contributed by atoms with van der Waals surface area (Å²) in [7, 11) is 0. The van der Waals surface area contributed by atoms with Crippen LogP contribution in [0.2, 0.25) is 0 Å². The summed E-state index contributed by atoms with van der Waals surface area (Å²) in [6.45, 7) is 7.67. The van der Waals surface area contributed by atoms with Gasteiger partial charge in [0.25, 0.3) is 0 Å². The number of hydrogen-bond donors (Lipinski definition) is 2. The molecular formula is C19H28N4O3. The van der Waals surface area contributed by atoms with E-state index in [1.807, 2.05) is 50.0 Å². The Hall–Kier alpha value is -2.44. The van der Waals surface area contributed by atoms with Gasteiger partial charge in [-0.3, -0.25) is 15.2 Å². The molecule has 2 aliphatic heterocycles. The summed E-state index contributed by atoms with van der Waals surface area (Å²) in [6.07, 6.45) is 2.00. The largest absolute Gasteiger partial charge is 0.444 e. The molecule has 7 heteroatoms. The Kier molecular flexibility index (Phi) is 5.25. The first-order valence-corrected chi connectivity index (χ1v) is 9.22. The average molecular weight is 360 g/mol. The Bertz CT molecular complexity index is 663. The van der Waals surface area contributed by atoms with Gasteiger partial charge in [-0.2, -0.15) is 0 Å². The molecule has 2 N–H and O–H groups in total. The summed E-state index contributed by atoms with van der Waals surface area (Å²) in [5.41, 5.74) is 4.39. The maximum atomic E-state index is 12.2. The van der Waals surface area contributed by atoms with E-state index in [2.05, 4.69) is 10.7 Å². The van der Waals surface area contributed by atoms with Crippen LogP contribution in [0, 0.1) is 0 Å². The topological polar surface area (TPSA) is 73.9 Å². The number of ether oxygens (including phenoxy) is 1. The van der Waals surface area contributed by atoms with Gasteiger partial charge < -0.3 is 15.0 Å². The summed E-state index contributed by atoms with van der Waals surface area (Å²) in [5, 5.41) is 5.47. The van der Waals surface area contributed by atoms with Crippen molar-refractivity contribution in [1.82, 2.24) is 10.3 Å². The fraction of sp³-hybridized carbons (Fsp3) is 0.579. The van der Waals surface area contributed by atoms with Crippen LogP contribution in [0.15, 0.2) is 24.3 Å². The van der Waals surface area contributed by atoms with Crippen molar-refractivity contribution in [1.29, 1.82) is 0 Å². The zero-order chi connectivity index (χ0) is 18.7. The maximum Gasteiger partial charge on any atom is 0.410 e. The van der Waals surface area contributed by atoms with E-state index in [0.29, 0.717) is 26.1 Å². The second-order valence-electron chi connectivity index (χ2n) is 7.84. The molecule has 0 spiro atoms. The molecule has 2 saturated heterocycles. The van der Waals surface area contributed by atoms with Gasteiger partial charge in [0.1, 0.15) is 5.60 Å². The lowest BCUT2D eigenvalue weighted by Gasteiger charge is -2.34. The van der Waals surface area contributed by atoms with E-state index in [1.54, 1.807) is 4.90 Å². The fourth-order valence-electron chi connectivity index (χ4n) is 3.24. The third kappa shape index (κ3) is 4.59. The summed E-state index contributed by atoms with van der Waals surface area (Å²) in [6, 6.07) is 8.27. The van der Waals surface area contributed by atoms with Crippen LogP contribution in [0.25, 0.3) is 0 Å². The number of para-hydroxylation sites is 2. The van der Waals surface area contributed by atoms with Crippen molar-refractivity contribution < 1.29 is 14.3 Å². The lowest BCUT2D eigenvalue weighted by molar-refractivity contribution is -0.119. The summed E-state index contributed by atoms with van der Waals surface area (Å²) in [5.74, 6) is 0.0467. The van der Waals surface area contributed by atoms with E-state index in [4.69, 9.17) is 4.74 Å². The number of anilines is 2. The molecule has 0 atom stereocenters. The lowest BCUT2D eigenvalue weighted by Crippen LogP contribution is -2.44. The Morgan fingerprint density at radius 1 is 1.19 bits per heavy atom. The number of amides is 2. The number of likely N-dealkylation sites (tertiary alicyclic amines) is 1. The Labute approximate surface area is 154 Å². The van der Waals surface area contributed by atoms with Crippen molar-refractivity contribution in [3.05, 3.63) is 24.3 Å². The standard InChI is InChI=1S/C19H28N4O3/c1-19(2,3)26-18(25)22-11-8-14(9-12-22)20-15-6-4-5-7-16(15)23-13-10-17(24)21-23/h4-7,14,20H,8-13H2,1-3H3,(H,21,24). The average Bonchev–Trinajstić information content (AvgIpc) is 3.01. The highest BCUT2D eigenvalue weighted by atomic mass is 16.6. The molecule has 0 aromatic heterocycles. The number of hydrogen-bond acceptors (Lipinski definition) is 5. The van der Waals surface area contributed by atoms with Crippen molar-refractivity contribution in [3.8, 4) is 0 Å². The summed E-state index contributed by atoms with van der Waals surface area (Å²) >= 11 is 0. The number of piperidine rings is 1. The number of rotatable bonds is 3. The van der Waals surface area contributed by atoms with Crippen LogP contribution in [-0.2, 0) is 9.53 Å². The molecular weight excluding hydrogens is 332 g/mol. The maximum absolute atomic E-state index is 12.2. The van der Waals surface area contributed by atoms with Crippen LogP contribution in [0.5, 0.6) is 0 Å². The molecule has 1 aromatic rings. The first-order valence-electron chi connectivity index (χ1n) is 9.22. The van der Waals surface area contributed by atoms with Crippen LogP contribution < -0.4 is 15.8 Å². The molecule has 26 heavy (non-hydrogen) atoms. The van der Waals surface area contributed by atoms with Crippen molar-refractivity contribution in [2.75, 3.05) is 30.0 Å². The summed E-state index contributed by atoms with van der Waals surface area (Å²) < 4.78 is 5.45. The van der Waals surface area contributed by atoms with E-state index < -0.39 is 5.60 Å². The highest BCUT2D eigenvalue weighted by Crippen LogP contribution is 2.28. The number of nitrogens with zero attached hydrogens (tertiary/aromatic N) is 2. The van der Waals surface area contributed by atoms with Gasteiger partial charge in [0.2, 0.25) is 5.91 Å². The van der Waals surface area contributed by atoms with Crippen LogP contribution >= 0.6 is 0 Å². The minimum absolute atomic E-state index is 0.0467. The molecule has 2 aliphatic rings. The number of nitrogens with one attached hydrogen (secondary N) is 2. The van der Waals surface area contributed by atoms with Crippen molar-refractivity contribution in [3.63, 3.8) is 0 Å². The number of carbonyl (C=O) groups excluding carboxylic acids is 2. The van der Waals surface area contributed by atoms with Crippen molar-refractivity contribution in [2.24, 2.45) is 0 Å². The third-order valence-corrected chi connectivity index (χ3v) is 4.52. The van der Waals surface area contributed by atoms with Crippen molar-refractivity contribution in [2.45, 2.75) is 51.7 Å². The summed E-state index contributed by atoms with van der Waals surface area (Å²) in [4.78, 5) is 25.5. The van der Waals surface area contributed by atoms with Gasteiger partial charge >= 0.3 is 6.09 Å². The fourth-order valence-corrected chi connectivity index (χ4v) is 3.24. The molecule has 0 bridgehead atoms. The highest BCUT2D eigenvalue weighted by molar-refractivity contribution is 5.84.